The largest absolute Gasteiger partial charge is 0.481 e. The Kier molecular flexibility index (Phi) is 6.17. The van der Waals surface area contributed by atoms with Crippen LogP contribution in [-0.4, -0.2) is 57.5 Å². The van der Waals surface area contributed by atoms with E-state index in [0.29, 0.717) is 19.4 Å². The zero-order valence-electron chi connectivity index (χ0n) is 18.8. The SMILES string of the molecule is O=C(O)CCC1CCCN1C(=O)c1nonc1NC(=O)OCC1c2ccccc2-c2ccccc21. The number of hydrogen-bond donors (Lipinski definition) is 2. The molecule has 2 amide bonds. The summed E-state index contributed by atoms with van der Waals surface area (Å²) in [5.74, 6) is -1.61. The Bertz CT molecular complexity index is 1230. The number of nitrogens with zero attached hydrogens (tertiary/aromatic N) is 3. The summed E-state index contributed by atoms with van der Waals surface area (Å²) in [6.07, 6.45) is 1.01. The average Bonchev–Trinajstić information content (AvgIpc) is 3.59. The first-order chi connectivity index (χ1) is 17.0. The van der Waals surface area contributed by atoms with Gasteiger partial charge >= 0.3 is 12.1 Å². The number of aliphatic carboxylic acids is 1. The predicted octanol–water partition coefficient (Wildman–Crippen LogP) is 3.90. The van der Waals surface area contributed by atoms with Crippen LogP contribution in [0.5, 0.6) is 0 Å². The van der Waals surface area contributed by atoms with E-state index in [-0.39, 0.29) is 36.5 Å². The number of carboxylic acid groups (broad SMARTS) is 1. The van der Waals surface area contributed by atoms with Gasteiger partial charge in [-0.2, -0.15) is 0 Å². The van der Waals surface area contributed by atoms with E-state index in [2.05, 4.69) is 27.8 Å². The van der Waals surface area contributed by atoms with Gasteiger partial charge in [-0.1, -0.05) is 48.5 Å². The third-order valence-corrected chi connectivity index (χ3v) is 6.58. The highest BCUT2D eigenvalue weighted by atomic mass is 16.6. The van der Waals surface area contributed by atoms with E-state index >= 15 is 0 Å². The van der Waals surface area contributed by atoms with Gasteiger partial charge in [0, 0.05) is 24.9 Å². The summed E-state index contributed by atoms with van der Waals surface area (Å²) in [7, 11) is 0. The summed E-state index contributed by atoms with van der Waals surface area (Å²) >= 11 is 0. The lowest BCUT2D eigenvalue weighted by atomic mass is 9.98. The number of amides is 2. The summed E-state index contributed by atoms with van der Waals surface area (Å²) in [4.78, 5) is 38.1. The lowest BCUT2D eigenvalue weighted by Crippen LogP contribution is -2.36. The minimum Gasteiger partial charge on any atom is -0.481 e. The van der Waals surface area contributed by atoms with Crippen molar-refractivity contribution in [1.29, 1.82) is 0 Å². The van der Waals surface area contributed by atoms with Crippen LogP contribution in [0.3, 0.4) is 0 Å². The molecule has 1 fully saturated rings. The molecule has 1 aromatic heterocycles. The number of hydrogen-bond acceptors (Lipinski definition) is 7. The monoisotopic (exact) mass is 476 g/mol. The molecule has 0 bridgehead atoms. The molecule has 1 unspecified atom stereocenters. The van der Waals surface area contributed by atoms with Crippen molar-refractivity contribution < 1.29 is 28.9 Å². The van der Waals surface area contributed by atoms with Gasteiger partial charge in [0.25, 0.3) is 5.91 Å². The summed E-state index contributed by atoms with van der Waals surface area (Å²) in [6, 6.07) is 15.8. The first-order valence-electron chi connectivity index (χ1n) is 11.5. The quantitative estimate of drug-likeness (QED) is 0.524. The molecule has 1 aliphatic heterocycles. The maximum absolute atomic E-state index is 13.0. The number of ether oxygens (including phenoxy) is 1. The molecular weight excluding hydrogens is 452 g/mol. The van der Waals surface area contributed by atoms with Crippen LogP contribution in [0.2, 0.25) is 0 Å². The van der Waals surface area contributed by atoms with Crippen molar-refractivity contribution in [1.82, 2.24) is 15.2 Å². The summed E-state index contributed by atoms with van der Waals surface area (Å²) in [5, 5.41) is 18.8. The van der Waals surface area contributed by atoms with Crippen molar-refractivity contribution in [3.05, 3.63) is 65.4 Å². The van der Waals surface area contributed by atoms with Crippen molar-refractivity contribution in [2.45, 2.75) is 37.6 Å². The molecule has 1 aliphatic carbocycles. The Labute approximate surface area is 200 Å². The van der Waals surface area contributed by atoms with Crippen LogP contribution in [0.25, 0.3) is 11.1 Å². The van der Waals surface area contributed by atoms with Crippen LogP contribution in [0, 0.1) is 0 Å². The van der Waals surface area contributed by atoms with Gasteiger partial charge in [-0.05, 0) is 51.8 Å². The minimum absolute atomic E-state index is 0.0314. The second kappa shape index (κ2) is 9.57. The molecule has 1 atom stereocenters. The summed E-state index contributed by atoms with van der Waals surface area (Å²) in [6.45, 7) is 0.582. The van der Waals surface area contributed by atoms with Crippen LogP contribution >= 0.6 is 0 Å². The van der Waals surface area contributed by atoms with E-state index in [1.165, 1.54) is 0 Å². The Morgan fingerprint density at radius 3 is 2.43 bits per heavy atom. The number of nitrogens with one attached hydrogen (secondary N) is 1. The van der Waals surface area contributed by atoms with Crippen LogP contribution in [0.4, 0.5) is 10.6 Å². The normalized spacial score (nSPS) is 16.6. The molecule has 3 aromatic rings. The van der Waals surface area contributed by atoms with Crippen LogP contribution in [-0.2, 0) is 9.53 Å². The van der Waals surface area contributed by atoms with Gasteiger partial charge in [0.05, 0.1) is 0 Å². The van der Waals surface area contributed by atoms with Crippen molar-refractivity contribution in [3.63, 3.8) is 0 Å². The van der Waals surface area contributed by atoms with Crippen molar-refractivity contribution >= 4 is 23.8 Å². The molecule has 0 spiro atoms. The molecular formula is C25H24N4O6. The average molecular weight is 476 g/mol. The Morgan fingerprint density at radius 1 is 1.06 bits per heavy atom. The van der Waals surface area contributed by atoms with Gasteiger partial charge in [-0.15, -0.1) is 0 Å². The van der Waals surface area contributed by atoms with Crippen LogP contribution in [0.15, 0.2) is 53.2 Å². The number of likely N-dealkylation sites (tertiary alicyclic amines) is 1. The number of anilines is 1. The van der Waals surface area contributed by atoms with Crippen LogP contribution in [0.1, 0.15) is 53.2 Å². The van der Waals surface area contributed by atoms with Crippen molar-refractivity contribution in [2.75, 3.05) is 18.5 Å². The van der Waals surface area contributed by atoms with Gasteiger partial charge in [0.1, 0.15) is 6.61 Å². The first-order valence-corrected chi connectivity index (χ1v) is 11.5. The Morgan fingerprint density at radius 2 is 1.74 bits per heavy atom. The lowest BCUT2D eigenvalue weighted by molar-refractivity contribution is -0.137. The van der Waals surface area contributed by atoms with E-state index in [1.54, 1.807) is 4.90 Å². The maximum atomic E-state index is 13.0. The first kappa shape index (κ1) is 22.6. The van der Waals surface area contributed by atoms with Gasteiger partial charge in [0.15, 0.2) is 0 Å². The smallest absolute Gasteiger partial charge is 0.412 e. The molecule has 180 valence electrons. The number of benzene rings is 2. The predicted molar refractivity (Wildman–Crippen MR) is 124 cm³/mol. The number of rotatable bonds is 7. The molecule has 1 saturated heterocycles. The maximum Gasteiger partial charge on any atom is 0.412 e. The molecule has 0 radical (unpaired) electrons. The van der Waals surface area contributed by atoms with E-state index in [4.69, 9.17) is 14.5 Å². The fraction of sp³-hybridized carbons (Fsp3) is 0.320. The molecule has 10 heteroatoms. The fourth-order valence-electron chi connectivity index (χ4n) is 4.97. The molecule has 2 N–H and O–H groups in total. The minimum atomic E-state index is -0.912. The Balaban J connectivity index is 1.24. The molecule has 2 aromatic carbocycles. The highest BCUT2D eigenvalue weighted by molar-refractivity contribution is 6.00. The van der Waals surface area contributed by atoms with E-state index < -0.39 is 18.0 Å². The summed E-state index contributed by atoms with van der Waals surface area (Å²) in [5.41, 5.74) is 4.27. The number of carboxylic acids is 1. The fourth-order valence-corrected chi connectivity index (χ4v) is 4.97. The molecule has 5 rings (SSSR count). The number of fused-ring (bicyclic) bond motifs is 3. The van der Waals surface area contributed by atoms with E-state index in [9.17, 15) is 14.4 Å². The van der Waals surface area contributed by atoms with Gasteiger partial charge in [0.2, 0.25) is 11.5 Å². The summed E-state index contributed by atoms with van der Waals surface area (Å²) < 4.78 is 10.2. The third-order valence-electron chi connectivity index (χ3n) is 6.58. The molecule has 35 heavy (non-hydrogen) atoms. The standard InChI is InChI=1S/C25H24N4O6/c30-21(31)12-11-15-6-5-13-29(15)24(32)22-23(28-35-27-22)26-25(33)34-14-20-18-9-3-1-7-16(18)17-8-2-4-10-19(17)20/h1-4,7-10,15,20H,5-6,11-14H2,(H,30,31)(H,26,28,33). The zero-order valence-corrected chi connectivity index (χ0v) is 18.8. The van der Waals surface area contributed by atoms with E-state index in [0.717, 1.165) is 28.7 Å². The van der Waals surface area contributed by atoms with Crippen LogP contribution < -0.4 is 5.32 Å². The number of carbonyl (C=O) groups excluding carboxylic acids is 2. The molecule has 0 saturated carbocycles. The third kappa shape index (κ3) is 4.46. The number of carbonyl (C=O) groups is 3. The number of aromatic nitrogens is 2. The highest BCUT2D eigenvalue weighted by Gasteiger charge is 2.34. The van der Waals surface area contributed by atoms with Crippen molar-refractivity contribution in [2.24, 2.45) is 0 Å². The lowest BCUT2D eigenvalue weighted by Gasteiger charge is -2.23. The Hall–Kier alpha value is -4.21. The van der Waals surface area contributed by atoms with Gasteiger partial charge in [-0.3, -0.25) is 14.9 Å². The van der Waals surface area contributed by atoms with Gasteiger partial charge in [-0.25, -0.2) is 9.42 Å². The van der Waals surface area contributed by atoms with Crippen molar-refractivity contribution in [3.8, 4) is 11.1 Å². The highest BCUT2D eigenvalue weighted by Crippen LogP contribution is 2.44. The topological polar surface area (TPSA) is 135 Å². The van der Waals surface area contributed by atoms with E-state index in [1.807, 2.05) is 36.4 Å². The second-order valence-corrected chi connectivity index (χ2v) is 8.64. The zero-order chi connectivity index (χ0) is 24.4. The molecule has 2 aliphatic rings. The second-order valence-electron chi connectivity index (χ2n) is 8.64. The molecule has 10 nitrogen and oxygen atoms in total. The van der Waals surface area contributed by atoms with Gasteiger partial charge < -0.3 is 14.7 Å². The molecule has 2 heterocycles.